The van der Waals surface area contributed by atoms with Crippen LogP contribution in [0.2, 0.25) is 0 Å². The van der Waals surface area contributed by atoms with E-state index in [-0.39, 0.29) is 24.2 Å². The molecule has 2 atom stereocenters. The van der Waals surface area contributed by atoms with E-state index in [4.69, 9.17) is 9.47 Å². The number of nitrogens with zero attached hydrogens (tertiary/aromatic N) is 2. The lowest BCUT2D eigenvalue weighted by molar-refractivity contribution is 0.0825. The van der Waals surface area contributed by atoms with Gasteiger partial charge in [0.1, 0.15) is 34.3 Å². The summed E-state index contributed by atoms with van der Waals surface area (Å²) in [7, 11) is 0. The van der Waals surface area contributed by atoms with Gasteiger partial charge in [0.25, 0.3) is 5.91 Å². The third-order valence-corrected chi connectivity index (χ3v) is 6.64. The van der Waals surface area contributed by atoms with Crippen molar-refractivity contribution in [2.75, 3.05) is 19.8 Å². The van der Waals surface area contributed by atoms with E-state index in [0.717, 1.165) is 23.9 Å². The number of fused-ring (bicyclic) bond motifs is 1. The van der Waals surface area contributed by atoms with Gasteiger partial charge in [0, 0.05) is 36.3 Å². The fourth-order valence-electron chi connectivity index (χ4n) is 4.68. The number of para-hydroxylation sites is 1. The Balaban J connectivity index is 1.59. The second-order valence-electron chi connectivity index (χ2n) is 9.76. The molecule has 1 amide bonds. The molecule has 3 N–H and O–H groups in total. The summed E-state index contributed by atoms with van der Waals surface area (Å²) in [6, 6.07) is 14.9. The molecule has 4 rings (SSSR count). The quantitative estimate of drug-likeness (QED) is 0.198. The minimum atomic E-state index is -1.11. The molecular formula is C32H36F2N4O4. The minimum Gasteiger partial charge on any atom is -0.493 e. The Hall–Kier alpha value is -4.15. The number of nitrogens with one attached hydrogen (secondary N) is 2. The Bertz CT molecular complexity index is 1500. The van der Waals surface area contributed by atoms with E-state index in [0.29, 0.717) is 42.2 Å². The molecule has 0 spiro atoms. The Kier molecular flexibility index (Phi) is 10.7. The predicted octanol–water partition coefficient (Wildman–Crippen LogP) is 4.76. The number of aliphatic hydroxyl groups excluding tert-OH is 1. The zero-order valence-electron chi connectivity index (χ0n) is 24.0. The first kappa shape index (κ1) is 30.8. The average molecular weight is 579 g/mol. The van der Waals surface area contributed by atoms with Crippen LogP contribution in [-0.4, -0.2) is 52.9 Å². The fourth-order valence-corrected chi connectivity index (χ4v) is 4.68. The number of ether oxygens (including phenoxy) is 2. The summed E-state index contributed by atoms with van der Waals surface area (Å²) >= 11 is 0. The number of pyridine rings is 2. The number of aliphatic hydroxyl groups is 1. The highest BCUT2D eigenvalue weighted by molar-refractivity contribution is 5.98. The number of amides is 1. The van der Waals surface area contributed by atoms with Crippen LogP contribution in [0.15, 0.2) is 60.7 Å². The summed E-state index contributed by atoms with van der Waals surface area (Å²) in [5, 5.41) is 17.8. The van der Waals surface area contributed by atoms with Crippen molar-refractivity contribution in [3.8, 4) is 11.5 Å². The molecule has 42 heavy (non-hydrogen) atoms. The zero-order valence-corrected chi connectivity index (χ0v) is 24.0. The van der Waals surface area contributed by atoms with Gasteiger partial charge >= 0.3 is 0 Å². The number of rotatable bonds is 14. The summed E-state index contributed by atoms with van der Waals surface area (Å²) in [6.07, 6.45) is -0.335. The van der Waals surface area contributed by atoms with Crippen molar-refractivity contribution in [3.05, 3.63) is 94.9 Å². The molecule has 0 radical (unpaired) electrons. The molecule has 0 fully saturated rings. The van der Waals surface area contributed by atoms with Gasteiger partial charge in [-0.05, 0) is 68.7 Å². The topological polar surface area (TPSA) is 106 Å². The number of hydrogen-bond acceptors (Lipinski definition) is 7. The molecule has 0 bridgehead atoms. The second kappa shape index (κ2) is 14.7. The molecule has 2 heterocycles. The lowest BCUT2D eigenvalue weighted by Gasteiger charge is -2.25. The van der Waals surface area contributed by atoms with Gasteiger partial charge in [-0.15, -0.1) is 0 Å². The molecule has 2 aromatic carbocycles. The Labute approximate surface area is 244 Å². The molecule has 0 unspecified atom stereocenters. The van der Waals surface area contributed by atoms with E-state index in [1.54, 1.807) is 6.07 Å². The van der Waals surface area contributed by atoms with Gasteiger partial charge in [0.05, 0.1) is 31.1 Å². The van der Waals surface area contributed by atoms with Crippen LogP contribution in [-0.2, 0) is 19.4 Å². The van der Waals surface area contributed by atoms with E-state index < -0.39 is 29.7 Å². The van der Waals surface area contributed by atoms with Crippen LogP contribution < -0.4 is 20.1 Å². The monoisotopic (exact) mass is 578 g/mol. The Morgan fingerprint density at radius 3 is 2.31 bits per heavy atom. The van der Waals surface area contributed by atoms with Crippen LogP contribution in [0, 0.1) is 11.6 Å². The highest BCUT2D eigenvalue weighted by Crippen LogP contribution is 2.32. The second-order valence-corrected chi connectivity index (χ2v) is 9.76. The van der Waals surface area contributed by atoms with E-state index in [9.17, 15) is 18.7 Å². The van der Waals surface area contributed by atoms with Gasteiger partial charge in [0.2, 0.25) is 0 Å². The van der Waals surface area contributed by atoms with E-state index in [2.05, 4.69) is 20.6 Å². The van der Waals surface area contributed by atoms with Crippen molar-refractivity contribution in [2.24, 2.45) is 0 Å². The minimum absolute atomic E-state index is 0.0249. The van der Waals surface area contributed by atoms with Crippen LogP contribution in [0.3, 0.4) is 0 Å². The lowest BCUT2D eigenvalue weighted by atomic mass is 10.00. The smallest absolute Gasteiger partial charge is 0.270 e. The molecule has 8 nitrogen and oxygen atoms in total. The van der Waals surface area contributed by atoms with Gasteiger partial charge in [-0.25, -0.2) is 13.8 Å². The first-order valence-corrected chi connectivity index (χ1v) is 14.1. The zero-order chi connectivity index (χ0) is 30.1. The van der Waals surface area contributed by atoms with Gasteiger partial charge in [-0.1, -0.05) is 19.1 Å². The highest BCUT2D eigenvalue weighted by atomic mass is 19.1. The maximum atomic E-state index is 14.0. The van der Waals surface area contributed by atoms with Gasteiger partial charge < -0.3 is 25.2 Å². The van der Waals surface area contributed by atoms with Gasteiger partial charge in [0.15, 0.2) is 0 Å². The SMILES string of the molecule is CCOc1cc(C(=O)N[C@@H](Cc2cc(F)cc(F)c2)[C@H](O)CNCc2cccc(CC)n2)nc2c(OCC)cccc12. The Morgan fingerprint density at radius 1 is 0.905 bits per heavy atom. The molecular weight excluding hydrogens is 542 g/mol. The molecule has 0 saturated heterocycles. The van der Waals surface area contributed by atoms with Crippen LogP contribution in [0.4, 0.5) is 8.78 Å². The normalized spacial score (nSPS) is 12.6. The van der Waals surface area contributed by atoms with Crippen LogP contribution in [0.1, 0.15) is 48.2 Å². The predicted molar refractivity (Wildman–Crippen MR) is 157 cm³/mol. The van der Waals surface area contributed by atoms with Crippen molar-refractivity contribution < 1.29 is 28.2 Å². The number of aromatic nitrogens is 2. The first-order chi connectivity index (χ1) is 20.3. The largest absolute Gasteiger partial charge is 0.493 e. The fraction of sp³-hybridized carbons (Fsp3) is 0.344. The number of benzene rings is 2. The third-order valence-electron chi connectivity index (χ3n) is 6.64. The van der Waals surface area contributed by atoms with Crippen molar-refractivity contribution in [3.63, 3.8) is 0 Å². The molecule has 0 aliphatic rings. The van der Waals surface area contributed by atoms with E-state index >= 15 is 0 Å². The molecule has 4 aromatic rings. The van der Waals surface area contributed by atoms with Gasteiger partial charge in [-0.3, -0.25) is 9.78 Å². The van der Waals surface area contributed by atoms with Crippen LogP contribution in [0.25, 0.3) is 10.9 Å². The summed E-state index contributed by atoms with van der Waals surface area (Å²) < 4.78 is 39.5. The number of aryl methyl sites for hydroxylation is 1. The molecule has 0 aliphatic heterocycles. The van der Waals surface area contributed by atoms with Crippen LogP contribution >= 0.6 is 0 Å². The van der Waals surface area contributed by atoms with Crippen molar-refractivity contribution in [2.45, 2.75) is 52.3 Å². The molecule has 10 heteroatoms. The number of halogens is 2. The lowest BCUT2D eigenvalue weighted by Crippen LogP contribution is -2.48. The molecule has 0 aliphatic carbocycles. The van der Waals surface area contributed by atoms with Crippen molar-refractivity contribution in [1.29, 1.82) is 0 Å². The number of carbonyl (C=O) groups excluding carboxylic acids is 1. The van der Waals surface area contributed by atoms with Crippen molar-refractivity contribution >= 4 is 16.8 Å². The maximum absolute atomic E-state index is 14.0. The molecule has 222 valence electrons. The third kappa shape index (κ3) is 7.98. The summed E-state index contributed by atoms with van der Waals surface area (Å²) in [4.78, 5) is 22.7. The maximum Gasteiger partial charge on any atom is 0.270 e. The van der Waals surface area contributed by atoms with E-state index in [1.807, 2.05) is 51.1 Å². The summed E-state index contributed by atoms with van der Waals surface area (Å²) in [5.74, 6) is -1.11. The summed E-state index contributed by atoms with van der Waals surface area (Å²) in [5.41, 5.74) is 2.56. The summed E-state index contributed by atoms with van der Waals surface area (Å²) in [6.45, 7) is 6.97. The Morgan fingerprint density at radius 2 is 1.60 bits per heavy atom. The highest BCUT2D eigenvalue weighted by Gasteiger charge is 2.25. The van der Waals surface area contributed by atoms with Crippen molar-refractivity contribution in [1.82, 2.24) is 20.6 Å². The van der Waals surface area contributed by atoms with Gasteiger partial charge in [-0.2, -0.15) is 0 Å². The number of carbonyl (C=O) groups is 1. The van der Waals surface area contributed by atoms with E-state index in [1.165, 1.54) is 18.2 Å². The standard InChI is InChI=1S/C32H36F2N4O4/c1-4-23-9-7-10-24(36-23)18-35-19-28(39)26(15-20-13-21(33)16-22(34)14-20)38-32(40)27-17-30(42-6-3)25-11-8-12-29(41-5-2)31(25)37-27/h7-14,16-17,26,28,35,39H,4-6,15,18-19H2,1-3H3,(H,38,40)/t26-,28+/m0/s1. The average Bonchev–Trinajstić information content (AvgIpc) is 2.97. The molecule has 0 saturated carbocycles. The number of hydrogen-bond donors (Lipinski definition) is 3. The van der Waals surface area contributed by atoms with Crippen LogP contribution in [0.5, 0.6) is 11.5 Å². The first-order valence-electron chi connectivity index (χ1n) is 14.1. The molecule has 2 aromatic heterocycles.